The third kappa shape index (κ3) is 5.29. The summed E-state index contributed by atoms with van der Waals surface area (Å²) >= 11 is 0. The van der Waals surface area contributed by atoms with Crippen LogP contribution in [-0.2, 0) is 14.3 Å². The van der Waals surface area contributed by atoms with Gasteiger partial charge in [0.25, 0.3) is 0 Å². The number of esters is 2. The minimum absolute atomic E-state index is 0.0265. The first-order valence-electron chi connectivity index (χ1n) is 12.3. The molecule has 1 unspecified atom stereocenters. The van der Waals surface area contributed by atoms with Crippen molar-refractivity contribution in [2.75, 3.05) is 13.7 Å². The second-order valence-corrected chi connectivity index (χ2v) is 8.85. The molecule has 0 aliphatic heterocycles. The van der Waals surface area contributed by atoms with E-state index in [4.69, 9.17) is 18.9 Å². The van der Waals surface area contributed by atoms with Gasteiger partial charge in [0.05, 0.1) is 24.8 Å². The van der Waals surface area contributed by atoms with Crippen LogP contribution in [0.4, 0.5) is 0 Å². The zero-order valence-electron chi connectivity index (χ0n) is 20.8. The molecule has 0 radical (unpaired) electrons. The zero-order chi connectivity index (χ0) is 24.9. The van der Waals surface area contributed by atoms with Crippen molar-refractivity contribution in [2.24, 2.45) is 0 Å². The average Bonchev–Trinajstić information content (AvgIpc) is 3.15. The fourth-order valence-electron chi connectivity index (χ4n) is 4.69. The van der Waals surface area contributed by atoms with Gasteiger partial charge in [-0.05, 0) is 88.9 Å². The molecule has 1 aromatic heterocycles. The maximum Gasteiger partial charge on any atom is 0.347 e. The summed E-state index contributed by atoms with van der Waals surface area (Å²) in [7, 11) is 1.62. The van der Waals surface area contributed by atoms with Gasteiger partial charge in [-0.1, -0.05) is 6.42 Å². The Morgan fingerprint density at radius 2 is 1.71 bits per heavy atom. The zero-order valence-corrected chi connectivity index (χ0v) is 20.8. The number of hydrogen-bond acceptors (Lipinski definition) is 6. The van der Waals surface area contributed by atoms with Crippen molar-refractivity contribution in [2.45, 2.75) is 65.1 Å². The van der Waals surface area contributed by atoms with Gasteiger partial charge in [0.2, 0.25) is 0 Å². The number of nitrogens with zero attached hydrogens (tertiary/aromatic N) is 1. The summed E-state index contributed by atoms with van der Waals surface area (Å²) in [5, 5.41) is 0.696. The van der Waals surface area contributed by atoms with E-state index in [0.29, 0.717) is 16.7 Å². The topological polar surface area (TPSA) is 76.0 Å². The molecule has 1 atom stereocenters. The summed E-state index contributed by atoms with van der Waals surface area (Å²) < 4.78 is 24.3. The SMILES string of the molecule is CCOC(=O)c1c(C)n(-c2ccc(OC)cc2)c2ccc(OC(C)C(=O)OC3CCCCC3)cc12. The molecule has 186 valence electrons. The second-order valence-electron chi connectivity index (χ2n) is 8.85. The standard InChI is InChI=1S/C28H33NO6/c1-5-33-28(31)26-18(2)29(20-11-13-21(32-4)14-12-20)25-16-15-23(17-24(25)26)34-19(3)27(30)35-22-9-7-6-8-10-22/h11-17,19,22H,5-10H2,1-4H3. The van der Waals surface area contributed by atoms with Crippen molar-refractivity contribution in [3.63, 3.8) is 0 Å². The number of hydrogen-bond donors (Lipinski definition) is 0. The Morgan fingerprint density at radius 3 is 2.37 bits per heavy atom. The van der Waals surface area contributed by atoms with Gasteiger partial charge in [0.15, 0.2) is 6.10 Å². The lowest BCUT2D eigenvalue weighted by Crippen LogP contribution is -2.31. The first-order valence-corrected chi connectivity index (χ1v) is 12.3. The molecular weight excluding hydrogens is 446 g/mol. The van der Waals surface area contributed by atoms with E-state index in [-0.39, 0.29) is 18.7 Å². The van der Waals surface area contributed by atoms with Gasteiger partial charge in [-0.15, -0.1) is 0 Å². The average molecular weight is 480 g/mol. The minimum atomic E-state index is -0.759. The summed E-state index contributed by atoms with van der Waals surface area (Å²) in [5.41, 5.74) is 2.95. The van der Waals surface area contributed by atoms with E-state index in [1.807, 2.05) is 41.8 Å². The lowest BCUT2D eigenvalue weighted by Gasteiger charge is -2.23. The van der Waals surface area contributed by atoms with E-state index in [9.17, 15) is 9.59 Å². The molecule has 0 amide bonds. The van der Waals surface area contributed by atoms with Crippen molar-refractivity contribution < 1.29 is 28.5 Å². The van der Waals surface area contributed by atoms with Crippen molar-refractivity contribution in [3.05, 3.63) is 53.7 Å². The number of rotatable bonds is 8. The number of carbonyl (C=O) groups is 2. The highest BCUT2D eigenvalue weighted by atomic mass is 16.6. The van der Waals surface area contributed by atoms with Crippen LogP contribution >= 0.6 is 0 Å². The molecule has 1 heterocycles. The lowest BCUT2D eigenvalue weighted by atomic mass is 9.98. The quantitative estimate of drug-likeness (QED) is 0.382. The lowest BCUT2D eigenvalue weighted by molar-refractivity contribution is -0.158. The molecule has 3 aromatic rings. The number of benzene rings is 2. The monoisotopic (exact) mass is 479 g/mol. The maximum atomic E-state index is 12.9. The molecule has 1 aliphatic carbocycles. The van der Waals surface area contributed by atoms with E-state index >= 15 is 0 Å². The highest BCUT2D eigenvalue weighted by Gasteiger charge is 2.25. The molecular formula is C28H33NO6. The van der Waals surface area contributed by atoms with Crippen molar-refractivity contribution in [1.29, 1.82) is 0 Å². The minimum Gasteiger partial charge on any atom is -0.497 e. The first kappa shape index (κ1) is 24.6. The second kappa shape index (κ2) is 10.8. The third-order valence-corrected chi connectivity index (χ3v) is 6.47. The molecule has 0 spiro atoms. The maximum absolute atomic E-state index is 12.9. The number of fused-ring (bicyclic) bond motifs is 1. The molecule has 0 bridgehead atoms. The normalized spacial score (nSPS) is 15.0. The Kier molecular flexibility index (Phi) is 7.63. The summed E-state index contributed by atoms with van der Waals surface area (Å²) in [6.45, 7) is 5.63. The van der Waals surface area contributed by atoms with Gasteiger partial charge in [0, 0.05) is 16.8 Å². The molecule has 1 fully saturated rings. The largest absolute Gasteiger partial charge is 0.497 e. The molecule has 4 rings (SSSR count). The number of methoxy groups -OCH3 is 1. The van der Waals surface area contributed by atoms with Gasteiger partial charge < -0.3 is 23.5 Å². The number of aromatic nitrogens is 1. The van der Waals surface area contributed by atoms with Crippen LogP contribution in [0.2, 0.25) is 0 Å². The number of ether oxygens (including phenoxy) is 4. The van der Waals surface area contributed by atoms with Crippen LogP contribution in [-0.4, -0.2) is 42.4 Å². The van der Waals surface area contributed by atoms with E-state index < -0.39 is 12.1 Å². The van der Waals surface area contributed by atoms with E-state index in [1.165, 1.54) is 6.42 Å². The van der Waals surface area contributed by atoms with Gasteiger partial charge in [-0.3, -0.25) is 0 Å². The summed E-state index contributed by atoms with van der Waals surface area (Å²) in [6, 6.07) is 13.1. The fourth-order valence-corrected chi connectivity index (χ4v) is 4.69. The molecule has 7 nitrogen and oxygen atoms in total. The third-order valence-electron chi connectivity index (χ3n) is 6.47. The first-order chi connectivity index (χ1) is 16.9. The van der Waals surface area contributed by atoms with Crippen molar-refractivity contribution >= 4 is 22.8 Å². The Labute approximate surface area is 205 Å². The molecule has 0 N–H and O–H groups in total. The summed E-state index contributed by atoms with van der Waals surface area (Å²) in [6.07, 6.45) is 4.40. The van der Waals surface area contributed by atoms with Crippen LogP contribution in [0.25, 0.3) is 16.6 Å². The van der Waals surface area contributed by atoms with Crippen LogP contribution in [0.5, 0.6) is 11.5 Å². The van der Waals surface area contributed by atoms with Crippen molar-refractivity contribution in [3.8, 4) is 17.2 Å². The van der Waals surface area contributed by atoms with Crippen LogP contribution < -0.4 is 9.47 Å². The van der Waals surface area contributed by atoms with E-state index in [0.717, 1.165) is 48.3 Å². The summed E-state index contributed by atoms with van der Waals surface area (Å²) in [4.78, 5) is 25.5. The van der Waals surface area contributed by atoms with Crippen LogP contribution in [0.15, 0.2) is 42.5 Å². The molecule has 0 saturated heterocycles. The number of carbonyl (C=O) groups excluding carboxylic acids is 2. The van der Waals surface area contributed by atoms with E-state index in [1.54, 1.807) is 33.1 Å². The Morgan fingerprint density at radius 1 is 1.03 bits per heavy atom. The molecule has 2 aromatic carbocycles. The molecule has 1 aliphatic rings. The Hall–Kier alpha value is -3.48. The molecule has 35 heavy (non-hydrogen) atoms. The van der Waals surface area contributed by atoms with Gasteiger partial charge in [-0.25, -0.2) is 9.59 Å². The predicted molar refractivity (Wildman–Crippen MR) is 134 cm³/mol. The fraction of sp³-hybridized carbons (Fsp3) is 0.429. The van der Waals surface area contributed by atoms with Gasteiger partial charge >= 0.3 is 11.9 Å². The van der Waals surface area contributed by atoms with Crippen LogP contribution in [0.1, 0.15) is 62.0 Å². The Balaban J connectivity index is 1.66. The predicted octanol–water partition coefficient (Wildman–Crippen LogP) is 5.77. The molecule has 1 saturated carbocycles. The van der Waals surface area contributed by atoms with Crippen LogP contribution in [0, 0.1) is 6.92 Å². The van der Waals surface area contributed by atoms with Crippen molar-refractivity contribution in [1.82, 2.24) is 4.57 Å². The summed E-state index contributed by atoms with van der Waals surface area (Å²) in [5.74, 6) is 0.472. The smallest absolute Gasteiger partial charge is 0.347 e. The molecule has 7 heteroatoms. The van der Waals surface area contributed by atoms with Crippen LogP contribution in [0.3, 0.4) is 0 Å². The van der Waals surface area contributed by atoms with E-state index in [2.05, 4.69) is 0 Å². The van der Waals surface area contributed by atoms with Gasteiger partial charge in [0.1, 0.15) is 17.6 Å². The van der Waals surface area contributed by atoms with Gasteiger partial charge in [-0.2, -0.15) is 0 Å². The highest BCUT2D eigenvalue weighted by molar-refractivity contribution is 6.07. The Bertz CT molecular complexity index is 1190. The highest BCUT2D eigenvalue weighted by Crippen LogP contribution is 2.33.